The van der Waals surface area contributed by atoms with E-state index in [1.165, 1.54) is 6.08 Å². The number of sulfonamides is 1. The van der Waals surface area contributed by atoms with Gasteiger partial charge < -0.3 is 5.73 Å². The zero-order valence-corrected chi connectivity index (χ0v) is 16.6. The van der Waals surface area contributed by atoms with E-state index in [1.54, 1.807) is 16.8 Å². The Bertz CT molecular complexity index is 877. The first-order valence-electron chi connectivity index (χ1n) is 7.84. The zero-order chi connectivity index (χ0) is 18.6. The molecule has 1 aromatic heterocycles. The van der Waals surface area contributed by atoms with Crippen molar-refractivity contribution in [1.29, 1.82) is 0 Å². The van der Waals surface area contributed by atoms with Gasteiger partial charge in [0.15, 0.2) is 0 Å². The first-order valence-corrected chi connectivity index (χ1v) is 9.73. The summed E-state index contributed by atoms with van der Waals surface area (Å²) in [4.78, 5) is 0. The van der Waals surface area contributed by atoms with Gasteiger partial charge in [0.05, 0.1) is 18.5 Å². The van der Waals surface area contributed by atoms with Gasteiger partial charge in [0.25, 0.3) is 0 Å². The molecule has 144 valence electrons. The van der Waals surface area contributed by atoms with E-state index in [0.717, 1.165) is 28.8 Å². The fraction of sp³-hybridized carbons (Fsp3) is 0.353. The highest BCUT2D eigenvalue weighted by atomic mass is 35.5. The van der Waals surface area contributed by atoms with Crippen LogP contribution in [0.5, 0.6) is 0 Å². The zero-order valence-electron chi connectivity index (χ0n) is 15.0. The molecule has 0 aliphatic heterocycles. The molecule has 26 heavy (non-hydrogen) atoms. The molecule has 0 atom stereocenters. The molecule has 1 aromatic carbocycles. The van der Waals surface area contributed by atoms with Gasteiger partial charge in [0.1, 0.15) is 5.83 Å². The second kappa shape index (κ2) is 9.16. The van der Waals surface area contributed by atoms with Gasteiger partial charge in [-0.25, -0.2) is 12.8 Å². The lowest BCUT2D eigenvalue weighted by Gasteiger charge is -2.07. The van der Waals surface area contributed by atoms with Gasteiger partial charge >= 0.3 is 0 Å². The molecule has 0 unspecified atom stereocenters. The maximum Gasteiger partial charge on any atom is 0.229 e. The van der Waals surface area contributed by atoms with Crippen molar-refractivity contribution in [2.75, 3.05) is 17.5 Å². The average Bonchev–Trinajstić information content (AvgIpc) is 2.75. The largest absolute Gasteiger partial charge is 0.327 e. The highest BCUT2D eigenvalue weighted by Gasteiger charge is 2.13. The smallest absolute Gasteiger partial charge is 0.229 e. The van der Waals surface area contributed by atoms with Crippen molar-refractivity contribution in [2.24, 2.45) is 5.73 Å². The summed E-state index contributed by atoms with van der Waals surface area (Å²) < 4.78 is 40.2. The molecule has 0 spiro atoms. The van der Waals surface area contributed by atoms with Crippen LogP contribution in [-0.2, 0) is 23.0 Å². The minimum atomic E-state index is -3.29. The summed E-state index contributed by atoms with van der Waals surface area (Å²) in [5.41, 5.74) is 9.63. The van der Waals surface area contributed by atoms with Gasteiger partial charge in [0.2, 0.25) is 10.0 Å². The Morgan fingerprint density at radius 1 is 1.31 bits per heavy atom. The lowest BCUT2D eigenvalue weighted by molar-refractivity contribution is 0.517. The summed E-state index contributed by atoms with van der Waals surface area (Å²) in [6, 6.07) is 7.15. The predicted molar refractivity (Wildman–Crippen MR) is 105 cm³/mol. The highest BCUT2D eigenvalue weighted by molar-refractivity contribution is 7.92. The molecule has 0 radical (unpaired) electrons. The summed E-state index contributed by atoms with van der Waals surface area (Å²) >= 11 is 0. The van der Waals surface area contributed by atoms with Crippen LogP contribution in [0.1, 0.15) is 22.5 Å². The minimum Gasteiger partial charge on any atom is -0.327 e. The Labute approximate surface area is 159 Å². The van der Waals surface area contributed by atoms with Crippen LogP contribution < -0.4 is 10.5 Å². The number of allylic oxidation sites excluding steroid dienone is 1. The number of anilines is 1. The second-order valence-corrected chi connectivity index (χ2v) is 7.69. The number of nitrogens with zero attached hydrogens (tertiary/aromatic N) is 2. The van der Waals surface area contributed by atoms with Crippen molar-refractivity contribution in [1.82, 2.24) is 9.78 Å². The molecule has 2 rings (SSSR count). The van der Waals surface area contributed by atoms with Crippen LogP contribution in [0.15, 0.2) is 36.2 Å². The van der Waals surface area contributed by atoms with E-state index >= 15 is 0 Å². The highest BCUT2D eigenvalue weighted by Crippen LogP contribution is 2.20. The Morgan fingerprint density at radius 3 is 2.46 bits per heavy atom. The first kappa shape index (κ1) is 22.1. The average molecular weight is 403 g/mol. The second-order valence-electron chi connectivity index (χ2n) is 5.94. The van der Waals surface area contributed by atoms with Crippen molar-refractivity contribution >= 4 is 28.1 Å². The van der Waals surface area contributed by atoms with Crippen molar-refractivity contribution in [2.45, 2.75) is 26.8 Å². The van der Waals surface area contributed by atoms with Gasteiger partial charge in [-0.05, 0) is 37.6 Å². The molecule has 0 aliphatic carbocycles. The van der Waals surface area contributed by atoms with Crippen LogP contribution in [-0.4, -0.2) is 31.0 Å². The maximum absolute atomic E-state index is 13.7. The number of aromatic nitrogens is 2. The van der Waals surface area contributed by atoms with Gasteiger partial charge in [0, 0.05) is 29.9 Å². The summed E-state index contributed by atoms with van der Waals surface area (Å²) in [5.74, 6) is -0.309. The van der Waals surface area contributed by atoms with Gasteiger partial charge in [-0.1, -0.05) is 12.1 Å². The van der Waals surface area contributed by atoms with E-state index in [0.29, 0.717) is 12.1 Å². The third-order valence-electron chi connectivity index (χ3n) is 3.81. The summed E-state index contributed by atoms with van der Waals surface area (Å²) in [5, 5.41) is 4.40. The van der Waals surface area contributed by atoms with Crippen molar-refractivity contribution in [3.8, 4) is 0 Å². The maximum atomic E-state index is 13.7. The van der Waals surface area contributed by atoms with E-state index in [9.17, 15) is 12.8 Å². The number of nitrogens with one attached hydrogen (secondary N) is 1. The standard InChI is InChI=1S/C17H23FN4O2S.ClH/c1-12-17(13(2)22(20-12)11-15(18)8-9-19)10-14-4-6-16(7-5-14)21-25(3,23)24;/h4-8,21H,9-11,19H2,1-3H3;1H. The fourth-order valence-corrected chi connectivity index (χ4v) is 3.15. The topological polar surface area (TPSA) is 90.0 Å². The van der Waals surface area contributed by atoms with Crippen molar-refractivity contribution in [3.05, 3.63) is 58.7 Å². The normalized spacial score (nSPS) is 12.0. The number of aryl methyl sites for hydroxylation is 1. The summed E-state index contributed by atoms with van der Waals surface area (Å²) in [6.07, 6.45) is 3.09. The lowest BCUT2D eigenvalue weighted by atomic mass is 10.0. The van der Waals surface area contributed by atoms with Crippen LogP contribution in [0.2, 0.25) is 0 Å². The molecular formula is C17H24ClFN4O2S. The molecular weight excluding hydrogens is 379 g/mol. The van der Waals surface area contributed by atoms with Crippen LogP contribution >= 0.6 is 12.4 Å². The molecule has 0 amide bonds. The number of hydrogen-bond acceptors (Lipinski definition) is 4. The summed E-state index contributed by atoms with van der Waals surface area (Å²) in [6.45, 7) is 4.03. The molecule has 0 fully saturated rings. The van der Waals surface area contributed by atoms with E-state index in [2.05, 4.69) is 9.82 Å². The Morgan fingerprint density at radius 2 is 1.92 bits per heavy atom. The number of nitrogens with two attached hydrogens (primary N) is 1. The lowest BCUT2D eigenvalue weighted by Crippen LogP contribution is -2.09. The quantitative estimate of drug-likeness (QED) is 0.745. The number of benzene rings is 1. The Hall–Kier alpha value is -1.90. The van der Waals surface area contributed by atoms with Crippen LogP contribution in [0.3, 0.4) is 0 Å². The Kier molecular flexibility index (Phi) is 7.80. The van der Waals surface area contributed by atoms with E-state index in [-0.39, 0.29) is 31.3 Å². The minimum absolute atomic E-state index is 0. The third-order valence-corrected chi connectivity index (χ3v) is 4.42. The van der Waals surface area contributed by atoms with E-state index in [1.807, 2.05) is 26.0 Å². The van der Waals surface area contributed by atoms with Gasteiger partial charge in [-0.2, -0.15) is 5.10 Å². The molecule has 3 N–H and O–H groups in total. The molecule has 2 aromatic rings. The molecule has 0 saturated carbocycles. The van der Waals surface area contributed by atoms with E-state index < -0.39 is 10.0 Å². The molecule has 6 nitrogen and oxygen atoms in total. The molecule has 0 saturated heterocycles. The number of rotatable bonds is 7. The van der Waals surface area contributed by atoms with Gasteiger partial charge in [-0.3, -0.25) is 9.40 Å². The number of halogens is 2. The van der Waals surface area contributed by atoms with Crippen LogP contribution in [0, 0.1) is 13.8 Å². The summed E-state index contributed by atoms with van der Waals surface area (Å²) in [7, 11) is -3.29. The molecule has 9 heteroatoms. The van der Waals surface area contributed by atoms with E-state index in [4.69, 9.17) is 5.73 Å². The Balaban J connectivity index is 0.00000338. The fourth-order valence-electron chi connectivity index (χ4n) is 2.59. The third kappa shape index (κ3) is 6.12. The first-order chi connectivity index (χ1) is 11.7. The molecule has 0 aliphatic rings. The van der Waals surface area contributed by atoms with Crippen LogP contribution in [0.4, 0.5) is 10.1 Å². The number of hydrogen-bond donors (Lipinski definition) is 2. The molecule has 1 heterocycles. The monoisotopic (exact) mass is 402 g/mol. The predicted octanol–water partition coefficient (Wildman–Crippen LogP) is 2.70. The van der Waals surface area contributed by atoms with Crippen molar-refractivity contribution in [3.63, 3.8) is 0 Å². The SMILES string of the molecule is Cc1nn(CC(F)=CCN)c(C)c1Cc1ccc(NS(C)(=O)=O)cc1.Cl. The molecule has 0 bridgehead atoms. The van der Waals surface area contributed by atoms with Crippen molar-refractivity contribution < 1.29 is 12.8 Å². The van der Waals surface area contributed by atoms with Gasteiger partial charge in [-0.15, -0.1) is 12.4 Å². The van der Waals surface area contributed by atoms with Crippen LogP contribution in [0.25, 0.3) is 0 Å².